The predicted octanol–water partition coefficient (Wildman–Crippen LogP) is 4.60. The van der Waals surface area contributed by atoms with Crippen LogP contribution < -0.4 is 0 Å². The van der Waals surface area contributed by atoms with E-state index in [0.717, 1.165) is 28.5 Å². The summed E-state index contributed by atoms with van der Waals surface area (Å²) < 4.78 is 3.28. The van der Waals surface area contributed by atoms with Crippen molar-refractivity contribution in [3.63, 3.8) is 0 Å². The summed E-state index contributed by atoms with van der Waals surface area (Å²) in [5.74, 6) is 0.852. The zero-order chi connectivity index (χ0) is 16.4. The second kappa shape index (κ2) is 6.52. The molecule has 3 aromatic heterocycles. The van der Waals surface area contributed by atoms with Crippen molar-refractivity contribution >= 4 is 22.6 Å². The van der Waals surface area contributed by atoms with Gasteiger partial charge in [-0.25, -0.2) is 4.98 Å². The van der Waals surface area contributed by atoms with Crippen molar-refractivity contribution < 1.29 is 0 Å². The third kappa shape index (κ3) is 2.94. The van der Waals surface area contributed by atoms with Crippen LogP contribution >= 0.6 is 22.6 Å². The van der Waals surface area contributed by atoms with E-state index in [0.29, 0.717) is 0 Å². The lowest BCUT2D eigenvalue weighted by atomic mass is 10.2. The number of hydrogen-bond donors (Lipinski definition) is 0. The number of imidazole rings is 1. The van der Waals surface area contributed by atoms with Gasteiger partial charge in [-0.15, -0.1) is 0 Å². The standard InChI is InChI=1S/C19H13IN4/c20-15-6-8-16(9-7-15)24-13-18(17-5-1-2-11-22-17)23-19(24)14-4-3-10-21-12-14/h1-13H. The first-order chi connectivity index (χ1) is 11.8. The molecule has 0 atom stereocenters. The van der Waals surface area contributed by atoms with Gasteiger partial charge in [0.2, 0.25) is 0 Å². The fraction of sp³-hybridized carbons (Fsp3) is 0. The van der Waals surface area contributed by atoms with Crippen molar-refractivity contribution in [3.05, 3.63) is 83.0 Å². The molecule has 0 radical (unpaired) electrons. The summed E-state index contributed by atoms with van der Waals surface area (Å²) in [6.07, 6.45) is 7.39. The van der Waals surface area contributed by atoms with Crippen molar-refractivity contribution in [2.75, 3.05) is 0 Å². The number of benzene rings is 1. The minimum absolute atomic E-state index is 0.841. The number of rotatable bonds is 3. The highest BCUT2D eigenvalue weighted by Gasteiger charge is 2.13. The Hall–Kier alpha value is -2.54. The van der Waals surface area contributed by atoms with Gasteiger partial charge in [-0.05, 0) is 71.1 Å². The second-order valence-electron chi connectivity index (χ2n) is 5.25. The maximum atomic E-state index is 4.81. The lowest BCUT2D eigenvalue weighted by molar-refractivity contribution is 1.06. The Labute approximate surface area is 153 Å². The summed E-state index contributed by atoms with van der Waals surface area (Å²) in [5, 5.41) is 0. The van der Waals surface area contributed by atoms with Crippen LogP contribution in [-0.4, -0.2) is 19.5 Å². The average molecular weight is 424 g/mol. The molecule has 0 fully saturated rings. The van der Waals surface area contributed by atoms with Gasteiger partial charge in [-0.3, -0.25) is 14.5 Å². The Balaban J connectivity index is 1.90. The summed E-state index contributed by atoms with van der Waals surface area (Å²) in [6, 6.07) is 18.1. The van der Waals surface area contributed by atoms with Gasteiger partial charge < -0.3 is 0 Å². The second-order valence-corrected chi connectivity index (χ2v) is 6.50. The Bertz CT molecular complexity index is 948. The molecule has 1 aromatic carbocycles. The normalized spacial score (nSPS) is 10.7. The summed E-state index contributed by atoms with van der Waals surface area (Å²) in [4.78, 5) is 13.4. The van der Waals surface area contributed by atoms with Crippen molar-refractivity contribution in [3.8, 4) is 28.5 Å². The third-order valence-electron chi connectivity index (χ3n) is 3.66. The van der Waals surface area contributed by atoms with Gasteiger partial charge in [-0.2, -0.15) is 0 Å². The van der Waals surface area contributed by atoms with Crippen LogP contribution in [0.2, 0.25) is 0 Å². The predicted molar refractivity (Wildman–Crippen MR) is 103 cm³/mol. The molecule has 0 saturated heterocycles. The van der Waals surface area contributed by atoms with Gasteiger partial charge in [0.05, 0.1) is 5.69 Å². The van der Waals surface area contributed by atoms with E-state index in [4.69, 9.17) is 4.98 Å². The fourth-order valence-electron chi connectivity index (χ4n) is 2.52. The molecule has 0 amide bonds. The van der Waals surface area contributed by atoms with Crippen LogP contribution in [-0.2, 0) is 0 Å². The Morgan fingerprint density at radius 3 is 2.42 bits per heavy atom. The first kappa shape index (κ1) is 15.0. The number of hydrogen-bond acceptors (Lipinski definition) is 3. The molecular formula is C19H13IN4. The highest BCUT2D eigenvalue weighted by molar-refractivity contribution is 14.1. The molecule has 24 heavy (non-hydrogen) atoms. The fourth-order valence-corrected chi connectivity index (χ4v) is 2.87. The van der Waals surface area contributed by atoms with E-state index in [1.54, 1.807) is 12.4 Å². The molecule has 4 rings (SSSR count). The number of halogens is 1. The molecule has 0 unspecified atom stereocenters. The van der Waals surface area contributed by atoms with Crippen LogP contribution in [0.5, 0.6) is 0 Å². The van der Waals surface area contributed by atoms with Crippen LogP contribution in [0.3, 0.4) is 0 Å². The first-order valence-electron chi connectivity index (χ1n) is 7.48. The molecule has 0 aliphatic carbocycles. The molecule has 5 heteroatoms. The van der Waals surface area contributed by atoms with Gasteiger partial charge in [0.25, 0.3) is 0 Å². The van der Waals surface area contributed by atoms with Crippen LogP contribution in [0.15, 0.2) is 79.4 Å². The molecule has 0 saturated carbocycles. The SMILES string of the molecule is Ic1ccc(-n2cc(-c3ccccn3)nc2-c2cccnc2)cc1. The summed E-state index contributed by atoms with van der Waals surface area (Å²) in [7, 11) is 0. The third-order valence-corrected chi connectivity index (χ3v) is 4.38. The van der Waals surface area contributed by atoms with E-state index < -0.39 is 0 Å². The first-order valence-corrected chi connectivity index (χ1v) is 8.56. The molecule has 4 aromatic rings. The van der Waals surface area contributed by atoms with Gasteiger partial charge in [0, 0.05) is 39.6 Å². The molecule has 0 aliphatic rings. The van der Waals surface area contributed by atoms with E-state index >= 15 is 0 Å². The topological polar surface area (TPSA) is 43.6 Å². The van der Waals surface area contributed by atoms with Gasteiger partial charge >= 0.3 is 0 Å². The molecule has 3 heterocycles. The highest BCUT2D eigenvalue weighted by atomic mass is 127. The largest absolute Gasteiger partial charge is 0.299 e. The maximum Gasteiger partial charge on any atom is 0.146 e. The van der Waals surface area contributed by atoms with E-state index in [9.17, 15) is 0 Å². The van der Waals surface area contributed by atoms with Crippen molar-refractivity contribution in [1.29, 1.82) is 0 Å². The summed E-state index contributed by atoms with van der Waals surface area (Å²) in [6.45, 7) is 0. The molecule has 0 aliphatic heterocycles. The number of nitrogens with zero attached hydrogens (tertiary/aromatic N) is 4. The maximum absolute atomic E-state index is 4.81. The van der Waals surface area contributed by atoms with Gasteiger partial charge in [0.1, 0.15) is 11.5 Å². The van der Waals surface area contributed by atoms with Crippen molar-refractivity contribution in [1.82, 2.24) is 19.5 Å². The van der Waals surface area contributed by atoms with Crippen LogP contribution in [0.1, 0.15) is 0 Å². The van der Waals surface area contributed by atoms with Crippen molar-refractivity contribution in [2.24, 2.45) is 0 Å². The van der Waals surface area contributed by atoms with Crippen LogP contribution in [0.4, 0.5) is 0 Å². The average Bonchev–Trinajstić information content (AvgIpc) is 3.09. The van der Waals surface area contributed by atoms with Crippen molar-refractivity contribution in [2.45, 2.75) is 0 Å². The Morgan fingerprint density at radius 2 is 1.71 bits per heavy atom. The Morgan fingerprint density at radius 1 is 0.833 bits per heavy atom. The van der Waals surface area contributed by atoms with Crippen LogP contribution in [0.25, 0.3) is 28.5 Å². The lowest BCUT2D eigenvalue weighted by Crippen LogP contribution is -1.96. The van der Waals surface area contributed by atoms with E-state index in [1.165, 1.54) is 3.57 Å². The molecule has 0 spiro atoms. The zero-order valence-electron chi connectivity index (χ0n) is 12.7. The molecule has 0 N–H and O–H groups in total. The summed E-state index contributed by atoms with van der Waals surface area (Å²) >= 11 is 2.31. The minimum Gasteiger partial charge on any atom is -0.299 e. The zero-order valence-corrected chi connectivity index (χ0v) is 14.8. The molecule has 4 nitrogen and oxygen atoms in total. The van der Waals surface area contributed by atoms with E-state index in [-0.39, 0.29) is 0 Å². The van der Waals surface area contributed by atoms with Crippen LogP contribution in [0, 0.1) is 3.57 Å². The lowest BCUT2D eigenvalue weighted by Gasteiger charge is -2.07. The molecule has 116 valence electrons. The monoisotopic (exact) mass is 424 g/mol. The number of pyridine rings is 2. The summed E-state index contributed by atoms with van der Waals surface area (Å²) in [5.41, 5.74) is 3.72. The minimum atomic E-state index is 0.841. The van der Waals surface area contributed by atoms with Gasteiger partial charge in [0.15, 0.2) is 0 Å². The van der Waals surface area contributed by atoms with E-state index in [1.807, 2.05) is 42.7 Å². The van der Waals surface area contributed by atoms with Gasteiger partial charge in [-0.1, -0.05) is 6.07 Å². The smallest absolute Gasteiger partial charge is 0.146 e. The Kier molecular flexibility index (Phi) is 4.08. The quantitative estimate of drug-likeness (QED) is 0.452. The van der Waals surface area contributed by atoms with E-state index in [2.05, 4.69) is 61.4 Å². The number of aromatic nitrogens is 4. The highest BCUT2D eigenvalue weighted by Crippen LogP contribution is 2.26. The molecular weight excluding hydrogens is 411 g/mol. The molecule has 0 bridgehead atoms.